The van der Waals surface area contributed by atoms with Crippen molar-refractivity contribution in [3.8, 4) is 5.75 Å². The van der Waals surface area contributed by atoms with Crippen LogP contribution in [-0.2, 0) is 4.79 Å². The van der Waals surface area contributed by atoms with Crippen molar-refractivity contribution in [2.24, 2.45) is 5.41 Å². The van der Waals surface area contributed by atoms with Gasteiger partial charge in [-0.2, -0.15) is 0 Å². The second-order valence-corrected chi connectivity index (χ2v) is 7.44. The minimum absolute atomic E-state index is 0.111. The first-order valence-corrected chi connectivity index (χ1v) is 7.67. The highest BCUT2D eigenvalue weighted by molar-refractivity contribution is 14.1. The van der Waals surface area contributed by atoms with Crippen molar-refractivity contribution < 1.29 is 19.8 Å². The van der Waals surface area contributed by atoms with Gasteiger partial charge in [0.25, 0.3) is 5.91 Å². The molecule has 0 heterocycles. The first kappa shape index (κ1) is 17.7. The molecule has 1 atom stereocenters. The zero-order valence-electron chi connectivity index (χ0n) is 12.3. The van der Waals surface area contributed by atoms with Gasteiger partial charge >= 0.3 is 5.97 Å². The highest BCUT2D eigenvalue weighted by atomic mass is 127. The topological polar surface area (TPSA) is 86.6 Å². The molecule has 1 amide bonds. The summed E-state index contributed by atoms with van der Waals surface area (Å²) in [5, 5.41) is 21.4. The van der Waals surface area contributed by atoms with Crippen LogP contribution in [0.1, 0.15) is 44.0 Å². The van der Waals surface area contributed by atoms with Gasteiger partial charge in [0.15, 0.2) is 0 Å². The summed E-state index contributed by atoms with van der Waals surface area (Å²) in [7, 11) is 0. The maximum Gasteiger partial charge on any atom is 0.305 e. The third kappa shape index (κ3) is 6.33. The number of carboxylic acids is 1. The molecular weight excluding hydrogens is 385 g/mol. The molecule has 0 aliphatic heterocycles. The Morgan fingerprint density at radius 2 is 1.95 bits per heavy atom. The molecule has 0 spiro atoms. The van der Waals surface area contributed by atoms with Gasteiger partial charge in [0, 0.05) is 9.61 Å². The number of benzene rings is 1. The highest BCUT2D eigenvalue weighted by Crippen LogP contribution is 2.24. The van der Waals surface area contributed by atoms with Crippen LogP contribution in [0.25, 0.3) is 0 Å². The van der Waals surface area contributed by atoms with Crippen molar-refractivity contribution in [2.75, 3.05) is 0 Å². The molecule has 1 aromatic carbocycles. The van der Waals surface area contributed by atoms with E-state index in [-0.39, 0.29) is 23.1 Å². The summed E-state index contributed by atoms with van der Waals surface area (Å²) in [5.74, 6) is -1.53. The van der Waals surface area contributed by atoms with E-state index in [1.165, 1.54) is 6.07 Å². The van der Waals surface area contributed by atoms with Crippen LogP contribution >= 0.6 is 22.6 Å². The predicted octanol–water partition coefficient (Wildman–Crippen LogP) is 3.01. The third-order valence-electron chi connectivity index (χ3n) is 2.82. The number of amides is 1. The van der Waals surface area contributed by atoms with E-state index in [2.05, 4.69) is 5.32 Å². The normalized spacial score (nSPS) is 12.8. The minimum Gasteiger partial charge on any atom is -0.507 e. The number of carbonyl (C=O) groups is 2. The zero-order chi connectivity index (χ0) is 16.2. The van der Waals surface area contributed by atoms with Crippen LogP contribution in [0.3, 0.4) is 0 Å². The SMILES string of the molecule is CC(C)(C)CC(CC(=O)O)NC(=O)c1cc(I)ccc1O. The molecule has 3 N–H and O–H groups in total. The lowest BCUT2D eigenvalue weighted by atomic mass is 9.87. The van der Waals surface area contributed by atoms with Gasteiger partial charge in [-0.15, -0.1) is 0 Å². The van der Waals surface area contributed by atoms with Crippen LogP contribution in [0, 0.1) is 8.99 Å². The average Bonchev–Trinajstić information content (AvgIpc) is 2.28. The minimum atomic E-state index is -0.962. The Labute approximate surface area is 137 Å². The Kier molecular flexibility index (Phi) is 6.00. The quantitative estimate of drug-likeness (QED) is 0.658. The number of aromatic hydroxyl groups is 1. The predicted molar refractivity (Wildman–Crippen MR) is 88.4 cm³/mol. The lowest BCUT2D eigenvalue weighted by Crippen LogP contribution is -2.39. The molecule has 21 heavy (non-hydrogen) atoms. The number of phenols is 1. The summed E-state index contributed by atoms with van der Waals surface area (Å²) in [6, 6.07) is 4.23. The van der Waals surface area contributed by atoms with Gasteiger partial charge in [0.2, 0.25) is 0 Å². The van der Waals surface area contributed by atoms with E-state index < -0.39 is 17.9 Å². The fourth-order valence-corrected chi connectivity index (χ4v) is 2.57. The molecule has 0 fully saturated rings. The Balaban J connectivity index is 2.89. The lowest BCUT2D eigenvalue weighted by molar-refractivity contribution is -0.137. The second kappa shape index (κ2) is 7.11. The van der Waals surface area contributed by atoms with E-state index in [4.69, 9.17) is 5.11 Å². The number of hydrogen-bond acceptors (Lipinski definition) is 3. The van der Waals surface area contributed by atoms with Crippen molar-refractivity contribution in [3.05, 3.63) is 27.3 Å². The maximum absolute atomic E-state index is 12.2. The van der Waals surface area contributed by atoms with Crippen molar-refractivity contribution in [1.29, 1.82) is 0 Å². The van der Waals surface area contributed by atoms with Crippen LogP contribution in [0.15, 0.2) is 18.2 Å². The number of halogens is 1. The van der Waals surface area contributed by atoms with Crippen LogP contribution in [0.5, 0.6) is 5.75 Å². The second-order valence-electron chi connectivity index (χ2n) is 6.19. The van der Waals surface area contributed by atoms with Crippen molar-refractivity contribution in [1.82, 2.24) is 5.32 Å². The molecule has 5 nitrogen and oxygen atoms in total. The number of hydrogen-bond donors (Lipinski definition) is 3. The molecule has 6 heteroatoms. The maximum atomic E-state index is 12.2. The molecule has 0 aliphatic carbocycles. The summed E-state index contributed by atoms with van der Waals surface area (Å²) >= 11 is 2.05. The van der Waals surface area contributed by atoms with Crippen LogP contribution in [0.2, 0.25) is 0 Å². The van der Waals surface area contributed by atoms with Gasteiger partial charge in [-0.25, -0.2) is 0 Å². The summed E-state index contributed by atoms with van der Waals surface area (Å²) < 4.78 is 0.821. The first-order chi connectivity index (χ1) is 9.58. The van der Waals surface area contributed by atoms with E-state index in [0.717, 1.165) is 3.57 Å². The fourth-order valence-electron chi connectivity index (χ4n) is 2.08. The van der Waals surface area contributed by atoms with Gasteiger partial charge in [-0.3, -0.25) is 9.59 Å². The first-order valence-electron chi connectivity index (χ1n) is 6.59. The van der Waals surface area contributed by atoms with Crippen LogP contribution in [0.4, 0.5) is 0 Å². The molecular formula is C15H20INO4. The van der Waals surface area contributed by atoms with Gasteiger partial charge in [0.05, 0.1) is 12.0 Å². The number of aliphatic carboxylic acids is 1. The average molecular weight is 405 g/mol. The number of rotatable bonds is 5. The Bertz CT molecular complexity index is 537. The van der Waals surface area contributed by atoms with E-state index >= 15 is 0 Å². The molecule has 0 saturated carbocycles. The molecule has 0 saturated heterocycles. The summed E-state index contributed by atoms with van der Waals surface area (Å²) in [6.45, 7) is 5.95. The van der Waals surface area contributed by atoms with E-state index in [1.54, 1.807) is 12.1 Å². The Morgan fingerprint density at radius 1 is 1.33 bits per heavy atom. The molecule has 116 valence electrons. The van der Waals surface area contributed by atoms with Crippen molar-refractivity contribution in [3.63, 3.8) is 0 Å². The van der Waals surface area contributed by atoms with Gasteiger partial charge < -0.3 is 15.5 Å². The van der Waals surface area contributed by atoms with E-state index in [1.807, 2.05) is 43.4 Å². The molecule has 1 rings (SSSR count). The highest BCUT2D eigenvalue weighted by Gasteiger charge is 2.24. The Morgan fingerprint density at radius 3 is 2.48 bits per heavy atom. The smallest absolute Gasteiger partial charge is 0.305 e. The van der Waals surface area contributed by atoms with Crippen LogP contribution in [-0.4, -0.2) is 28.1 Å². The third-order valence-corrected chi connectivity index (χ3v) is 3.49. The monoisotopic (exact) mass is 405 g/mol. The van der Waals surface area contributed by atoms with Gasteiger partial charge in [0.1, 0.15) is 5.75 Å². The van der Waals surface area contributed by atoms with Crippen molar-refractivity contribution in [2.45, 2.75) is 39.7 Å². The number of carboxylic acid groups (broad SMARTS) is 1. The molecule has 0 aromatic heterocycles. The number of phenolic OH excluding ortho intramolecular Hbond substituents is 1. The molecule has 1 aromatic rings. The Hall–Kier alpha value is -1.31. The molecule has 0 bridgehead atoms. The summed E-state index contributed by atoms with van der Waals surface area (Å²) in [4.78, 5) is 23.2. The zero-order valence-corrected chi connectivity index (χ0v) is 14.5. The lowest BCUT2D eigenvalue weighted by Gasteiger charge is -2.26. The van der Waals surface area contributed by atoms with E-state index in [0.29, 0.717) is 6.42 Å². The standard InChI is InChI=1S/C15H20INO4/c1-15(2,3)8-10(7-13(19)20)17-14(21)11-6-9(16)4-5-12(11)18/h4-6,10,18H,7-8H2,1-3H3,(H,17,21)(H,19,20). The number of carbonyl (C=O) groups excluding carboxylic acids is 1. The number of nitrogens with one attached hydrogen (secondary N) is 1. The van der Waals surface area contributed by atoms with Crippen molar-refractivity contribution >= 4 is 34.5 Å². The van der Waals surface area contributed by atoms with Crippen LogP contribution < -0.4 is 5.32 Å². The largest absolute Gasteiger partial charge is 0.507 e. The molecule has 0 aliphatic rings. The van der Waals surface area contributed by atoms with Gasteiger partial charge in [-0.1, -0.05) is 20.8 Å². The fraction of sp³-hybridized carbons (Fsp3) is 0.467. The van der Waals surface area contributed by atoms with Gasteiger partial charge in [-0.05, 0) is 52.6 Å². The molecule has 0 radical (unpaired) electrons. The molecule has 1 unspecified atom stereocenters. The summed E-state index contributed by atoms with van der Waals surface area (Å²) in [5.41, 5.74) is 0.0480. The van der Waals surface area contributed by atoms with E-state index in [9.17, 15) is 14.7 Å². The summed E-state index contributed by atoms with van der Waals surface area (Å²) in [6.07, 6.45) is 0.392.